The molecule has 1 aromatic heterocycles. The molecule has 3 rings (SSSR count). The zero-order valence-corrected chi connectivity index (χ0v) is 12.5. The largest absolute Gasteiger partial charge is 0.384 e. The molecule has 114 valence electrons. The molecule has 1 saturated heterocycles. The van der Waals surface area contributed by atoms with Gasteiger partial charge in [-0.1, -0.05) is 0 Å². The number of carbonyl (C=O) groups excluding carboxylic acids is 1. The molecule has 1 saturated carbocycles. The van der Waals surface area contributed by atoms with Crippen LogP contribution in [0.4, 0.5) is 5.82 Å². The number of amides is 1. The molecule has 2 heterocycles. The molecule has 0 spiro atoms. The van der Waals surface area contributed by atoms with Crippen LogP contribution in [0.1, 0.15) is 38.4 Å². The van der Waals surface area contributed by atoms with Crippen LogP contribution in [0.2, 0.25) is 0 Å². The van der Waals surface area contributed by atoms with E-state index in [1.54, 1.807) is 19.2 Å². The Balaban J connectivity index is 1.63. The fourth-order valence-corrected chi connectivity index (χ4v) is 3.13. The second-order valence-corrected chi connectivity index (χ2v) is 6.07. The molecule has 1 aromatic rings. The highest BCUT2D eigenvalue weighted by Crippen LogP contribution is 2.29. The lowest BCUT2D eigenvalue weighted by atomic mass is 10.2. The van der Waals surface area contributed by atoms with E-state index in [1.807, 2.05) is 4.90 Å². The summed E-state index contributed by atoms with van der Waals surface area (Å²) in [4.78, 5) is 24.8. The monoisotopic (exact) mass is 289 g/mol. The van der Waals surface area contributed by atoms with E-state index in [4.69, 9.17) is 5.73 Å². The number of aromatic nitrogens is 2. The zero-order valence-electron chi connectivity index (χ0n) is 12.5. The van der Waals surface area contributed by atoms with E-state index in [1.165, 1.54) is 6.42 Å². The van der Waals surface area contributed by atoms with Gasteiger partial charge < -0.3 is 10.6 Å². The number of nitrogen functional groups attached to an aromatic ring is 1. The van der Waals surface area contributed by atoms with Crippen LogP contribution in [0, 0.1) is 0 Å². The van der Waals surface area contributed by atoms with E-state index in [9.17, 15) is 4.79 Å². The molecule has 1 aliphatic heterocycles. The molecule has 0 bridgehead atoms. The lowest BCUT2D eigenvalue weighted by molar-refractivity contribution is -0.130. The predicted octanol–water partition coefficient (Wildman–Crippen LogP) is 1.03. The number of carbonyl (C=O) groups is 1. The van der Waals surface area contributed by atoms with Gasteiger partial charge in [-0.2, -0.15) is 0 Å². The Morgan fingerprint density at radius 3 is 2.95 bits per heavy atom. The number of likely N-dealkylation sites (tertiary alicyclic amines) is 1. The van der Waals surface area contributed by atoms with Crippen molar-refractivity contribution in [2.24, 2.45) is 0 Å². The molecule has 6 nitrogen and oxygen atoms in total. The second kappa shape index (κ2) is 5.97. The summed E-state index contributed by atoms with van der Waals surface area (Å²) in [6.45, 7) is 4.27. The van der Waals surface area contributed by atoms with Gasteiger partial charge in [-0.3, -0.25) is 9.69 Å². The molecule has 2 aliphatic rings. The van der Waals surface area contributed by atoms with E-state index in [0.29, 0.717) is 24.4 Å². The maximum absolute atomic E-state index is 11.8. The quantitative estimate of drug-likeness (QED) is 0.876. The van der Waals surface area contributed by atoms with Gasteiger partial charge >= 0.3 is 0 Å². The lowest BCUT2D eigenvalue weighted by Gasteiger charge is -2.30. The summed E-state index contributed by atoms with van der Waals surface area (Å²) in [5.41, 5.74) is 5.71. The minimum absolute atomic E-state index is 0.199. The van der Waals surface area contributed by atoms with Crippen LogP contribution in [-0.2, 0) is 11.3 Å². The Labute approximate surface area is 125 Å². The highest BCUT2D eigenvalue weighted by molar-refractivity contribution is 5.74. The van der Waals surface area contributed by atoms with Crippen molar-refractivity contribution in [3.05, 3.63) is 18.1 Å². The van der Waals surface area contributed by atoms with Gasteiger partial charge in [-0.25, -0.2) is 9.97 Å². The summed E-state index contributed by atoms with van der Waals surface area (Å²) in [6.07, 6.45) is 6.33. The molecular formula is C15H23N5O. The van der Waals surface area contributed by atoms with Crippen molar-refractivity contribution in [3.8, 4) is 0 Å². The second-order valence-electron chi connectivity index (χ2n) is 6.07. The van der Waals surface area contributed by atoms with Crippen molar-refractivity contribution < 1.29 is 4.79 Å². The van der Waals surface area contributed by atoms with Crippen molar-refractivity contribution in [3.63, 3.8) is 0 Å². The molecule has 1 amide bonds. The van der Waals surface area contributed by atoms with Gasteiger partial charge in [0.25, 0.3) is 0 Å². The number of nitrogens with zero attached hydrogens (tertiary/aromatic N) is 4. The van der Waals surface area contributed by atoms with Crippen molar-refractivity contribution in [1.82, 2.24) is 19.8 Å². The first-order valence-electron chi connectivity index (χ1n) is 7.72. The molecule has 6 heteroatoms. The maximum Gasteiger partial charge on any atom is 0.219 e. The van der Waals surface area contributed by atoms with Crippen LogP contribution >= 0.6 is 0 Å². The number of hydrogen-bond donors (Lipinski definition) is 1. The van der Waals surface area contributed by atoms with Gasteiger partial charge in [0.2, 0.25) is 5.91 Å². The van der Waals surface area contributed by atoms with E-state index in [2.05, 4.69) is 14.9 Å². The van der Waals surface area contributed by atoms with E-state index >= 15 is 0 Å². The van der Waals surface area contributed by atoms with Crippen LogP contribution < -0.4 is 5.73 Å². The highest BCUT2D eigenvalue weighted by atomic mass is 16.2. The smallest absolute Gasteiger partial charge is 0.219 e. The molecule has 0 unspecified atom stereocenters. The summed E-state index contributed by atoms with van der Waals surface area (Å²) in [5.74, 6) is 1.48. The molecule has 21 heavy (non-hydrogen) atoms. The SMILES string of the molecule is CC(=O)N(C[C@H]1CCCN1Cc1nccc(N)n1)C1CC1. The average Bonchev–Trinajstić information content (AvgIpc) is 3.18. The summed E-state index contributed by atoms with van der Waals surface area (Å²) in [6, 6.07) is 2.60. The summed E-state index contributed by atoms with van der Waals surface area (Å²) < 4.78 is 0. The van der Waals surface area contributed by atoms with Crippen LogP contribution in [0.3, 0.4) is 0 Å². The van der Waals surface area contributed by atoms with E-state index < -0.39 is 0 Å². The van der Waals surface area contributed by atoms with Crippen LogP contribution in [0.5, 0.6) is 0 Å². The fourth-order valence-electron chi connectivity index (χ4n) is 3.13. The third-order valence-corrected chi connectivity index (χ3v) is 4.37. The first kappa shape index (κ1) is 14.3. The first-order valence-corrected chi connectivity index (χ1v) is 7.72. The van der Waals surface area contributed by atoms with Gasteiger partial charge in [0.1, 0.15) is 11.6 Å². The Morgan fingerprint density at radius 2 is 2.29 bits per heavy atom. The Bertz CT molecular complexity index is 517. The molecule has 1 aliphatic carbocycles. The number of anilines is 1. The Morgan fingerprint density at radius 1 is 1.48 bits per heavy atom. The molecule has 0 radical (unpaired) electrons. The van der Waals surface area contributed by atoms with Crippen molar-refractivity contribution in [1.29, 1.82) is 0 Å². The fraction of sp³-hybridized carbons (Fsp3) is 0.667. The normalized spacial score (nSPS) is 22.4. The van der Waals surface area contributed by atoms with Crippen molar-refractivity contribution in [2.45, 2.75) is 51.2 Å². The highest BCUT2D eigenvalue weighted by Gasteiger charge is 2.35. The molecule has 1 atom stereocenters. The number of nitrogens with two attached hydrogens (primary N) is 1. The summed E-state index contributed by atoms with van der Waals surface area (Å²) in [7, 11) is 0. The lowest BCUT2D eigenvalue weighted by Crippen LogP contribution is -2.43. The number of hydrogen-bond acceptors (Lipinski definition) is 5. The van der Waals surface area contributed by atoms with Gasteiger partial charge in [0.05, 0.1) is 6.54 Å². The third-order valence-electron chi connectivity index (χ3n) is 4.37. The van der Waals surface area contributed by atoms with E-state index in [0.717, 1.165) is 38.2 Å². The van der Waals surface area contributed by atoms with Crippen LogP contribution in [0.25, 0.3) is 0 Å². The van der Waals surface area contributed by atoms with Gasteiger partial charge in [0, 0.05) is 31.7 Å². The van der Waals surface area contributed by atoms with Crippen molar-refractivity contribution >= 4 is 11.7 Å². The summed E-state index contributed by atoms with van der Waals surface area (Å²) in [5, 5.41) is 0. The molecule has 2 fully saturated rings. The minimum Gasteiger partial charge on any atom is -0.384 e. The van der Waals surface area contributed by atoms with Gasteiger partial charge in [-0.15, -0.1) is 0 Å². The van der Waals surface area contributed by atoms with Crippen LogP contribution in [-0.4, -0.2) is 50.8 Å². The predicted molar refractivity (Wildman–Crippen MR) is 80.3 cm³/mol. The first-order chi connectivity index (χ1) is 10.1. The maximum atomic E-state index is 11.8. The minimum atomic E-state index is 0.199. The number of rotatable bonds is 5. The Hall–Kier alpha value is -1.69. The van der Waals surface area contributed by atoms with Crippen LogP contribution in [0.15, 0.2) is 12.3 Å². The molecule has 0 aromatic carbocycles. The van der Waals surface area contributed by atoms with Crippen molar-refractivity contribution in [2.75, 3.05) is 18.8 Å². The standard InChI is InChI=1S/C15H23N5O/c1-11(21)20(12-4-5-12)9-13-3-2-8-19(13)10-15-17-7-6-14(16)18-15/h6-7,12-13H,2-5,8-10H2,1H3,(H2,16,17,18)/t13-/m1/s1. The molecular weight excluding hydrogens is 266 g/mol. The molecule has 2 N–H and O–H groups in total. The van der Waals surface area contributed by atoms with Gasteiger partial charge in [0.15, 0.2) is 0 Å². The zero-order chi connectivity index (χ0) is 14.8. The third kappa shape index (κ3) is 3.50. The van der Waals surface area contributed by atoms with Gasteiger partial charge in [-0.05, 0) is 38.3 Å². The topological polar surface area (TPSA) is 75.4 Å². The van der Waals surface area contributed by atoms with E-state index in [-0.39, 0.29) is 5.91 Å². The average molecular weight is 289 g/mol. The summed E-state index contributed by atoms with van der Waals surface area (Å²) >= 11 is 0. The Kier molecular flexibility index (Phi) is 4.05.